The number of aromatic nitrogens is 2. The van der Waals surface area contributed by atoms with Crippen molar-refractivity contribution in [3.63, 3.8) is 0 Å². The summed E-state index contributed by atoms with van der Waals surface area (Å²) >= 11 is 5.96. The van der Waals surface area contributed by atoms with Crippen LogP contribution in [0.2, 0.25) is 5.15 Å². The molecule has 0 spiro atoms. The first kappa shape index (κ1) is 11.0. The summed E-state index contributed by atoms with van der Waals surface area (Å²) in [7, 11) is 0. The van der Waals surface area contributed by atoms with Crippen molar-refractivity contribution in [2.45, 2.75) is 13.8 Å². The molecular weight excluding hydrogens is 227 g/mol. The molecule has 16 heavy (non-hydrogen) atoms. The van der Waals surface area contributed by atoms with Crippen molar-refractivity contribution < 1.29 is 4.39 Å². The lowest BCUT2D eigenvalue weighted by Crippen LogP contribution is -1.96. The quantitative estimate of drug-likeness (QED) is 0.708. The van der Waals surface area contributed by atoms with Gasteiger partial charge in [0.25, 0.3) is 0 Å². The molecule has 0 amide bonds. The van der Waals surface area contributed by atoms with Crippen LogP contribution in [0.3, 0.4) is 0 Å². The smallest absolute Gasteiger partial charge is 0.136 e. The van der Waals surface area contributed by atoms with E-state index in [0.717, 1.165) is 5.56 Å². The van der Waals surface area contributed by atoms with E-state index in [9.17, 15) is 4.39 Å². The average Bonchev–Trinajstić information content (AvgIpc) is 2.23. The van der Waals surface area contributed by atoms with Crippen LogP contribution in [0.4, 0.5) is 4.39 Å². The monoisotopic (exact) mass is 236 g/mol. The molecule has 0 bridgehead atoms. The lowest BCUT2D eigenvalue weighted by atomic mass is 10.1. The molecule has 0 atom stereocenters. The highest BCUT2D eigenvalue weighted by molar-refractivity contribution is 6.30. The van der Waals surface area contributed by atoms with Crippen molar-refractivity contribution in [3.05, 3.63) is 46.6 Å². The Morgan fingerprint density at radius 1 is 1.19 bits per heavy atom. The summed E-state index contributed by atoms with van der Waals surface area (Å²) in [6.45, 7) is 3.58. The Hall–Kier alpha value is -1.48. The van der Waals surface area contributed by atoms with Gasteiger partial charge >= 0.3 is 0 Å². The molecule has 1 heterocycles. The van der Waals surface area contributed by atoms with Crippen molar-refractivity contribution in [1.29, 1.82) is 0 Å². The molecule has 2 rings (SSSR count). The van der Waals surface area contributed by atoms with E-state index in [1.807, 2.05) is 6.92 Å². The average molecular weight is 237 g/mol. The Labute approximate surface area is 98.1 Å². The van der Waals surface area contributed by atoms with E-state index in [1.165, 1.54) is 12.1 Å². The van der Waals surface area contributed by atoms with Crippen LogP contribution in [0.5, 0.6) is 0 Å². The van der Waals surface area contributed by atoms with Gasteiger partial charge in [-0.1, -0.05) is 23.7 Å². The molecule has 2 aromatic rings. The Balaban J connectivity index is 2.64. The molecule has 0 aliphatic heterocycles. The molecule has 0 N–H and O–H groups in total. The lowest BCUT2D eigenvalue weighted by Gasteiger charge is -2.07. The van der Waals surface area contributed by atoms with Crippen LogP contribution in [-0.2, 0) is 0 Å². The first-order chi connectivity index (χ1) is 7.58. The number of benzene rings is 1. The van der Waals surface area contributed by atoms with Crippen LogP contribution in [0.15, 0.2) is 24.3 Å². The van der Waals surface area contributed by atoms with Gasteiger partial charge in [-0.3, -0.25) is 0 Å². The fraction of sp³-hybridized carbons (Fsp3) is 0.167. The van der Waals surface area contributed by atoms with Gasteiger partial charge in [0.05, 0.1) is 5.69 Å². The second-order valence-corrected chi connectivity index (χ2v) is 3.90. The highest BCUT2D eigenvalue weighted by atomic mass is 35.5. The maximum absolute atomic E-state index is 13.1. The van der Waals surface area contributed by atoms with Crippen molar-refractivity contribution in [2.24, 2.45) is 0 Å². The number of halogens is 2. The second-order valence-electron chi connectivity index (χ2n) is 3.55. The second kappa shape index (κ2) is 4.18. The molecule has 0 aliphatic carbocycles. The van der Waals surface area contributed by atoms with E-state index < -0.39 is 0 Å². The standard InChI is InChI=1S/C12H10ClFN2/c1-7-11(15-8(2)16-12(7)13)9-4-3-5-10(14)6-9/h3-6H,1-2H3. The minimum Gasteiger partial charge on any atom is -0.233 e. The molecule has 0 saturated carbocycles. The molecule has 0 aliphatic rings. The van der Waals surface area contributed by atoms with Crippen LogP contribution in [-0.4, -0.2) is 9.97 Å². The zero-order chi connectivity index (χ0) is 11.7. The van der Waals surface area contributed by atoms with Crippen molar-refractivity contribution in [2.75, 3.05) is 0 Å². The fourth-order valence-corrected chi connectivity index (χ4v) is 1.72. The molecule has 0 radical (unpaired) electrons. The van der Waals surface area contributed by atoms with Crippen LogP contribution in [0.1, 0.15) is 11.4 Å². The minimum atomic E-state index is -0.288. The molecule has 2 nitrogen and oxygen atoms in total. The number of aryl methyl sites for hydroxylation is 1. The van der Waals surface area contributed by atoms with Crippen molar-refractivity contribution in [1.82, 2.24) is 9.97 Å². The summed E-state index contributed by atoms with van der Waals surface area (Å²) in [5, 5.41) is 0.409. The molecular formula is C12H10ClFN2. The fourth-order valence-electron chi connectivity index (χ4n) is 1.51. The Morgan fingerprint density at radius 2 is 1.94 bits per heavy atom. The van der Waals surface area contributed by atoms with Gasteiger partial charge in [0.1, 0.15) is 16.8 Å². The van der Waals surface area contributed by atoms with Crippen molar-refractivity contribution >= 4 is 11.6 Å². The normalized spacial score (nSPS) is 10.5. The first-order valence-electron chi connectivity index (χ1n) is 4.84. The molecule has 82 valence electrons. The third kappa shape index (κ3) is 2.04. The molecule has 1 aromatic heterocycles. The van der Waals surface area contributed by atoms with E-state index in [1.54, 1.807) is 19.1 Å². The SMILES string of the molecule is Cc1nc(Cl)c(C)c(-c2cccc(F)c2)n1. The minimum absolute atomic E-state index is 0.288. The van der Waals surface area contributed by atoms with E-state index in [0.29, 0.717) is 22.2 Å². The first-order valence-corrected chi connectivity index (χ1v) is 5.22. The maximum Gasteiger partial charge on any atom is 0.136 e. The predicted octanol–water partition coefficient (Wildman–Crippen LogP) is 3.55. The Kier molecular flexibility index (Phi) is 2.88. The maximum atomic E-state index is 13.1. The summed E-state index contributed by atoms with van der Waals surface area (Å²) in [4.78, 5) is 8.32. The zero-order valence-electron chi connectivity index (χ0n) is 8.96. The number of hydrogen-bond acceptors (Lipinski definition) is 2. The van der Waals surface area contributed by atoms with Crippen molar-refractivity contribution in [3.8, 4) is 11.3 Å². The Morgan fingerprint density at radius 3 is 2.62 bits per heavy atom. The summed E-state index contributed by atoms with van der Waals surface area (Å²) in [6.07, 6.45) is 0. The highest BCUT2D eigenvalue weighted by Gasteiger charge is 2.09. The largest absolute Gasteiger partial charge is 0.233 e. The van der Waals surface area contributed by atoms with Gasteiger partial charge in [0.2, 0.25) is 0 Å². The van der Waals surface area contributed by atoms with E-state index in [2.05, 4.69) is 9.97 Å². The van der Waals surface area contributed by atoms with Gasteiger partial charge in [-0.05, 0) is 26.0 Å². The van der Waals surface area contributed by atoms with Gasteiger partial charge < -0.3 is 0 Å². The molecule has 1 aromatic carbocycles. The Bertz CT molecular complexity index is 541. The lowest BCUT2D eigenvalue weighted by molar-refractivity contribution is 0.628. The molecule has 0 fully saturated rings. The summed E-state index contributed by atoms with van der Waals surface area (Å²) in [5.74, 6) is 0.291. The van der Waals surface area contributed by atoms with Crippen LogP contribution < -0.4 is 0 Å². The van der Waals surface area contributed by atoms with Gasteiger partial charge in [-0.2, -0.15) is 0 Å². The number of hydrogen-bond donors (Lipinski definition) is 0. The third-order valence-electron chi connectivity index (χ3n) is 2.30. The van der Waals surface area contributed by atoms with E-state index in [4.69, 9.17) is 11.6 Å². The summed E-state index contributed by atoms with van der Waals surface area (Å²) in [6, 6.07) is 6.28. The highest BCUT2D eigenvalue weighted by Crippen LogP contribution is 2.25. The number of rotatable bonds is 1. The van der Waals surface area contributed by atoms with E-state index >= 15 is 0 Å². The van der Waals surface area contributed by atoms with E-state index in [-0.39, 0.29) is 5.82 Å². The third-order valence-corrected chi connectivity index (χ3v) is 2.66. The van der Waals surface area contributed by atoms with Gasteiger partial charge in [-0.15, -0.1) is 0 Å². The summed E-state index contributed by atoms with van der Waals surface area (Å²) in [5.41, 5.74) is 2.15. The van der Waals surface area contributed by atoms with Crippen LogP contribution >= 0.6 is 11.6 Å². The zero-order valence-corrected chi connectivity index (χ0v) is 9.72. The number of nitrogens with zero attached hydrogens (tertiary/aromatic N) is 2. The van der Waals surface area contributed by atoms with Gasteiger partial charge in [-0.25, -0.2) is 14.4 Å². The van der Waals surface area contributed by atoms with Crippen LogP contribution in [0, 0.1) is 19.7 Å². The summed E-state index contributed by atoms with van der Waals surface area (Å²) < 4.78 is 13.1. The van der Waals surface area contributed by atoms with Gasteiger partial charge in [0.15, 0.2) is 0 Å². The molecule has 0 unspecified atom stereocenters. The molecule has 4 heteroatoms. The topological polar surface area (TPSA) is 25.8 Å². The molecule has 0 saturated heterocycles. The van der Waals surface area contributed by atoms with Crippen LogP contribution in [0.25, 0.3) is 11.3 Å². The predicted molar refractivity (Wildman–Crippen MR) is 61.9 cm³/mol. The van der Waals surface area contributed by atoms with Gasteiger partial charge in [0, 0.05) is 11.1 Å².